The highest BCUT2D eigenvalue weighted by atomic mass is 35.5. The lowest BCUT2D eigenvalue weighted by atomic mass is 10.1. The van der Waals surface area contributed by atoms with Crippen molar-refractivity contribution in [1.82, 2.24) is 4.98 Å². The molecule has 0 aliphatic heterocycles. The second kappa shape index (κ2) is 4.09. The lowest BCUT2D eigenvalue weighted by molar-refractivity contribution is 0.473. The molecule has 2 rings (SSSR count). The van der Waals surface area contributed by atoms with E-state index in [2.05, 4.69) is 4.98 Å². The van der Waals surface area contributed by atoms with Crippen LogP contribution in [0.4, 0.5) is 0 Å². The van der Waals surface area contributed by atoms with Crippen LogP contribution in [0.1, 0.15) is 0 Å². The summed E-state index contributed by atoms with van der Waals surface area (Å²) in [6, 6.07) is 8.57. The average molecular weight is 240 g/mol. The smallest absolute Gasteiger partial charge is 0.133 e. The molecule has 0 atom stereocenters. The molecule has 1 heterocycles. The summed E-state index contributed by atoms with van der Waals surface area (Å²) in [6.07, 6.45) is 1.39. The Morgan fingerprint density at radius 1 is 1.00 bits per heavy atom. The molecule has 15 heavy (non-hydrogen) atoms. The molecule has 2 aromatic rings. The summed E-state index contributed by atoms with van der Waals surface area (Å²) in [4.78, 5) is 4.07. The maximum absolute atomic E-state index is 9.09. The van der Waals surface area contributed by atoms with Crippen molar-refractivity contribution >= 4 is 23.2 Å². The molecule has 0 aliphatic carbocycles. The molecule has 0 spiro atoms. The number of hydrogen-bond acceptors (Lipinski definition) is 2. The second-order valence-electron chi connectivity index (χ2n) is 3.03. The molecule has 4 heteroatoms. The first kappa shape index (κ1) is 10.3. The van der Waals surface area contributed by atoms with E-state index in [1.807, 2.05) is 6.07 Å². The maximum Gasteiger partial charge on any atom is 0.133 e. The molecule has 0 bridgehead atoms. The summed E-state index contributed by atoms with van der Waals surface area (Å²) in [5, 5.41) is 10.1. The van der Waals surface area contributed by atoms with Crippen LogP contribution >= 0.6 is 23.2 Å². The van der Waals surface area contributed by atoms with E-state index in [1.165, 1.54) is 6.20 Å². The average Bonchev–Trinajstić information content (AvgIpc) is 2.23. The normalized spacial score (nSPS) is 10.3. The zero-order valence-corrected chi connectivity index (χ0v) is 9.13. The van der Waals surface area contributed by atoms with Crippen LogP contribution in [0, 0.1) is 0 Å². The molecular weight excluding hydrogens is 233 g/mol. The fourth-order valence-corrected chi connectivity index (χ4v) is 1.51. The van der Waals surface area contributed by atoms with Crippen LogP contribution in [-0.2, 0) is 0 Å². The molecule has 0 saturated carbocycles. The third-order valence-electron chi connectivity index (χ3n) is 1.96. The Labute approximate surface area is 97.1 Å². The Balaban J connectivity index is 2.45. The summed E-state index contributed by atoms with van der Waals surface area (Å²) in [5.41, 5.74) is 1.61. The molecule has 1 N–H and O–H groups in total. The van der Waals surface area contributed by atoms with E-state index in [-0.39, 0.29) is 5.75 Å². The Morgan fingerprint density at radius 3 is 2.40 bits per heavy atom. The first-order chi connectivity index (χ1) is 7.16. The summed E-state index contributed by atoms with van der Waals surface area (Å²) >= 11 is 11.7. The molecule has 0 fully saturated rings. The van der Waals surface area contributed by atoms with Crippen molar-refractivity contribution in [2.24, 2.45) is 0 Å². The van der Waals surface area contributed by atoms with Gasteiger partial charge in [0.05, 0.1) is 21.9 Å². The van der Waals surface area contributed by atoms with Gasteiger partial charge in [-0.15, -0.1) is 0 Å². The minimum atomic E-state index is 0.138. The third-order valence-corrected chi connectivity index (χ3v) is 2.70. The van der Waals surface area contributed by atoms with Crippen LogP contribution in [0.3, 0.4) is 0 Å². The van der Waals surface area contributed by atoms with Crippen molar-refractivity contribution < 1.29 is 5.11 Å². The maximum atomic E-state index is 9.09. The van der Waals surface area contributed by atoms with E-state index in [9.17, 15) is 0 Å². The fourth-order valence-electron chi connectivity index (χ4n) is 1.21. The second-order valence-corrected chi connectivity index (χ2v) is 3.84. The molecular formula is C11H7Cl2NO. The zero-order valence-electron chi connectivity index (χ0n) is 7.61. The summed E-state index contributed by atoms with van der Waals surface area (Å²) in [5.74, 6) is 0.138. The highest BCUT2D eigenvalue weighted by Gasteiger charge is 2.02. The van der Waals surface area contributed by atoms with Crippen molar-refractivity contribution in [2.45, 2.75) is 0 Å². The molecule has 0 amide bonds. The molecule has 0 aliphatic rings. The van der Waals surface area contributed by atoms with Gasteiger partial charge in [0.25, 0.3) is 0 Å². The standard InChI is InChI=1S/C11H7Cl2NO/c12-9-3-1-7(5-10(9)13)11-4-2-8(15)6-14-11/h1-6,15H. The SMILES string of the molecule is Oc1ccc(-c2ccc(Cl)c(Cl)c2)nc1. The topological polar surface area (TPSA) is 33.1 Å². The lowest BCUT2D eigenvalue weighted by Gasteiger charge is -2.02. The number of halogens is 2. The summed E-state index contributed by atoms with van der Waals surface area (Å²) < 4.78 is 0. The van der Waals surface area contributed by atoms with Gasteiger partial charge in [0, 0.05) is 5.56 Å². The van der Waals surface area contributed by atoms with Crippen LogP contribution in [0.2, 0.25) is 10.0 Å². The van der Waals surface area contributed by atoms with E-state index in [1.54, 1.807) is 24.3 Å². The number of benzene rings is 1. The van der Waals surface area contributed by atoms with Crippen molar-refractivity contribution in [1.29, 1.82) is 0 Å². The minimum absolute atomic E-state index is 0.138. The molecule has 0 saturated heterocycles. The van der Waals surface area contributed by atoms with Gasteiger partial charge in [-0.25, -0.2) is 0 Å². The fraction of sp³-hybridized carbons (Fsp3) is 0. The van der Waals surface area contributed by atoms with Crippen molar-refractivity contribution in [3.05, 3.63) is 46.6 Å². The van der Waals surface area contributed by atoms with Crippen LogP contribution in [0.15, 0.2) is 36.5 Å². The first-order valence-electron chi connectivity index (χ1n) is 4.27. The van der Waals surface area contributed by atoms with Crippen LogP contribution in [0.25, 0.3) is 11.3 Å². The summed E-state index contributed by atoms with van der Waals surface area (Å²) in [7, 11) is 0. The van der Waals surface area contributed by atoms with Gasteiger partial charge in [-0.05, 0) is 24.3 Å². The van der Waals surface area contributed by atoms with E-state index in [0.717, 1.165) is 11.3 Å². The molecule has 1 aromatic heterocycles. The van der Waals surface area contributed by atoms with Gasteiger partial charge in [0.15, 0.2) is 0 Å². The quantitative estimate of drug-likeness (QED) is 0.823. The highest BCUT2D eigenvalue weighted by molar-refractivity contribution is 6.42. The third kappa shape index (κ3) is 2.22. The Bertz CT molecular complexity index is 482. The van der Waals surface area contributed by atoms with Crippen molar-refractivity contribution in [3.8, 4) is 17.0 Å². The monoisotopic (exact) mass is 239 g/mol. The largest absolute Gasteiger partial charge is 0.506 e. The molecule has 2 nitrogen and oxygen atoms in total. The number of aromatic nitrogens is 1. The van der Waals surface area contributed by atoms with E-state index >= 15 is 0 Å². The number of hydrogen-bond donors (Lipinski definition) is 1. The van der Waals surface area contributed by atoms with E-state index in [0.29, 0.717) is 10.0 Å². The van der Waals surface area contributed by atoms with Crippen molar-refractivity contribution in [3.63, 3.8) is 0 Å². The Kier molecular flexibility index (Phi) is 2.80. The molecule has 1 aromatic carbocycles. The highest BCUT2D eigenvalue weighted by Crippen LogP contribution is 2.27. The van der Waals surface area contributed by atoms with Gasteiger partial charge in [-0.2, -0.15) is 0 Å². The van der Waals surface area contributed by atoms with Gasteiger partial charge in [-0.3, -0.25) is 4.98 Å². The summed E-state index contributed by atoms with van der Waals surface area (Å²) in [6.45, 7) is 0. The Hall–Kier alpha value is -1.25. The predicted octanol–water partition coefficient (Wildman–Crippen LogP) is 3.76. The van der Waals surface area contributed by atoms with Crippen molar-refractivity contribution in [2.75, 3.05) is 0 Å². The molecule has 0 unspecified atom stereocenters. The number of rotatable bonds is 1. The number of aromatic hydroxyl groups is 1. The lowest BCUT2D eigenvalue weighted by Crippen LogP contribution is -1.82. The number of nitrogens with zero attached hydrogens (tertiary/aromatic N) is 1. The van der Waals surface area contributed by atoms with E-state index in [4.69, 9.17) is 28.3 Å². The van der Waals surface area contributed by atoms with Gasteiger partial charge < -0.3 is 5.11 Å². The van der Waals surface area contributed by atoms with Crippen LogP contribution < -0.4 is 0 Å². The minimum Gasteiger partial charge on any atom is -0.506 e. The van der Waals surface area contributed by atoms with E-state index < -0.39 is 0 Å². The van der Waals surface area contributed by atoms with Gasteiger partial charge in [0.1, 0.15) is 5.75 Å². The van der Waals surface area contributed by atoms with Crippen LogP contribution in [0.5, 0.6) is 5.75 Å². The number of pyridine rings is 1. The van der Waals surface area contributed by atoms with Gasteiger partial charge >= 0.3 is 0 Å². The predicted molar refractivity (Wildman–Crippen MR) is 61.4 cm³/mol. The Morgan fingerprint density at radius 2 is 1.80 bits per heavy atom. The first-order valence-corrected chi connectivity index (χ1v) is 5.03. The van der Waals surface area contributed by atoms with Crippen LogP contribution in [-0.4, -0.2) is 10.1 Å². The molecule has 0 radical (unpaired) electrons. The van der Waals surface area contributed by atoms with Gasteiger partial charge in [-0.1, -0.05) is 29.3 Å². The van der Waals surface area contributed by atoms with Gasteiger partial charge in [0.2, 0.25) is 0 Å². The molecule has 76 valence electrons. The zero-order chi connectivity index (χ0) is 10.8.